The first kappa shape index (κ1) is 15.6. The molecule has 2 fully saturated rings. The number of halogens is 1. The van der Waals surface area contributed by atoms with E-state index in [1.54, 1.807) is 0 Å². The minimum Gasteiger partial charge on any atom is -0.340 e. The Morgan fingerprint density at radius 2 is 2.18 bits per heavy atom. The summed E-state index contributed by atoms with van der Waals surface area (Å²) in [4.78, 5) is 19.4. The molecule has 1 N–H and O–H groups in total. The number of hydrogen-bond acceptors (Lipinski definition) is 3. The van der Waals surface area contributed by atoms with Gasteiger partial charge in [-0.1, -0.05) is 31.5 Å². The second-order valence-electron chi connectivity index (χ2n) is 6.40. The predicted octanol–water partition coefficient (Wildman–Crippen LogP) is 3.54. The van der Waals surface area contributed by atoms with Gasteiger partial charge in [-0.15, -0.1) is 0 Å². The fourth-order valence-electron chi connectivity index (χ4n) is 3.38. The molecule has 0 bridgehead atoms. The minimum atomic E-state index is -0.154. The topological polar surface area (TPSA) is 44.7 Å². The van der Waals surface area contributed by atoms with Gasteiger partial charge in [-0.25, -0.2) is 4.99 Å². The van der Waals surface area contributed by atoms with Gasteiger partial charge in [0.15, 0.2) is 5.84 Å². The molecule has 1 saturated carbocycles. The van der Waals surface area contributed by atoms with Crippen LogP contribution in [0.1, 0.15) is 52.9 Å². The number of hydrogen-bond donors (Lipinski definition) is 1. The van der Waals surface area contributed by atoms with Crippen molar-refractivity contribution in [2.75, 3.05) is 0 Å². The van der Waals surface area contributed by atoms with Crippen LogP contribution in [0, 0.1) is 5.92 Å². The largest absolute Gasteiger partial charge is 0.340 e. The van der Waals surface area contributed by atoms with E-state index in [0.717, 1.165) is 36.4 Å². The van der Waals surface area contributed by atoms with Gasteiger partial charge in [0.05, 0.1) is 5.70 Å². The maximum atomic E-state index is 12.5. The van der Waals surface area contributed by atoms with E-state index in [-0.39, 0.29) is 11.9 Å². The molecule has 0 aromatic carbocycles. The summed E-state index contributed by atoms with van der Waals surface area (Å²) in [6.07, 6.45) is 6.95. The van der Waals surface area contributed by atoms with Gasteiger partial charge >= 0.3 is 0 Å². The first-order valence-electron chi connectivity index (χ1n) is 8.32. The lowest BCUT2D eigenvalue weighted by atomic mass is 10.0. The third-order valence-corrected chi connectivity index (χ3v) is 5.34. The number of amidine groups is 1. The summed E-state index contributed by atoms with van der Waals surface area (Å²) in [7, 11) is 0. The molecule has 1 amide bonds. The summed E-state index contributed by atoms with van der Waals surface area (Å²) in [6, 6.07) is 0.171. The van der Waals surface area contributed by atoms with Crippen LogP contribution in [0.3, 0.4) is 0 Å². The number of rotatable bonds is 4. The number of nitrogens with zero attached hydrogens (tertiary/aromatic N) is 2. The number of nitrogens with one attached hydrogen (secondary N) is 1. The highest BCUT2D eigenvalue weighted by molar-refractivity contribution is 6.31. The highest BCUT2D eigenvalue weighted by atomic mass is 35.5. The van der Waals surface area contributed by atoms with Crippen LogP contribution in [0.5, 0.6) is 0 Å². The van der Waals surface area contributed by atoms with Gasteiger partial charge < -0.3 is 10.2 Å². The number of piperazine rings is 1. The van der Waals surface area contributed by atoms with Gasteiger partial charge in [0, 0.05) is 6.04 Å². The van der Waals surface area contributed by atoms with Crippen LogP contribution >= 0.6 is 11.6 Å². The summed E-state index contributed by atoms with van der Waals surface area (Å²) < 4.78 is 0. The van der Waals surface area contributed by atoms with Crippen LogP contribution in [0.25, 0.3) is 0 Å². The number of carbonyl (C=O) groups excluding carboxylic acids is 1. The lowest BCUT2D eigenvalue weighted by Gasteiger charge is -2.42. The van der Waals surface area contributed by atoms with Gasteiger partial charge in [0.25, 0.3) is 0 Å². The summed E-state index contributed by atoms with van der Waals surface area (Å²) in [5.74, 6) is 1.59. The van der Waals surface area contributed by atoms with Crippen molar-refractivity contribution >= 4 is 23.3 Å². The summed E-state index contributed by atoms with van der Waals surface area (Å²) >= 11 is 6.42. The fraction of sp³-hybridized carbons (Fsp3) is 0.647. The first-order valence-corrected chi connectivity index (χ1v) is 8.70. The van der Waals surface area contributed by atoms with E-state index in [9.17, 15) is 4.79 Å². The molecule has 0 aromatic heterocycles. The molecule has 0 radical (unpaired) electrons. The Bertz CT molecular complexity index is 574. The molecule has 1 aliphatic carbocycles. The second kappa shape index (κ2) is 6.07. The average molecular weight is 322 g/mol. The van der Waals surface area contributed by atoms with E-state index in [1.807, 2.05) is 0 Å². The van der Waals surface area contributed by atoms with E-state index >= 15 is 0 Å². The molecule has 4 nitrogen and oxygen atoms in total. The minimum absolute atomic E-state index is 0.0799. The molecular formula is C17H24ClN3O. The zero-order valence-corrected chi connectivity index (χ0v) is 14.3. The van der Waals surface area contributed by atoms with Gasteiger partial charge in [-0.3, -0.25) is 4.79 Å². The average Bonchev–Trinajstić information content (AvgIpc) is 3.33. The number of carbonyl (C=O) groups is 1. The number of fused-ring (bicyclic) bond motifs is 1. The fourth-order valence-corrected chi connectivity index (χ4v) is 3.67. The molecule has 2 aliphatic heterocycles. The molecule has 2 heterocycles. The number of aliphatic imine (C=N–C) groups is 1. The smallest absolute Gasteiger partial charge is 0.247 e. The quantitative estimate of drug-likeness (QED) is 0.805. The van der Waals surface area contributed by atoms with Crippen molar-refractivity contribution in [3.63, 3.8) is 0 Å². The summed E-state index contributed by atoms with van der Waals surface area (Å²) in [5, 5.41) is 3.62. The highest BCUT2D eigenvalue weighted by Gasteiger charge is 2.43. The zero-order chi connectivity index (χ0) is 15.9. The third-order valence-electron chi connectivity index (χ3n) is 4.99. The molecule has 2 atom stereocenters. The molecule has 0 spiro atoms. The van der Waals surface area contributed by atoms with Crippen molar-refractivity contribution in [3.8, 4) is 0 Å². The van der Waals surface area contributed by atoms with Crippen LogP contribution in [0.4, 0.5) is 0 Å². The maximum absolute atomic E-state index is 12.5. The van der Waals surface area contributed by atoms with Crippen molar-refractivity contribution in [1.82, 2.24) is 10.2 Å². The van der Waals surface area contributed by atoms with Gasteiger partial charge in [-0.05, 0) is 50.5 Å². The molecule has 3 aliphatic rings. The van der Waals surface area contributed by atoms with E-state index in [2.05, 4.69) is 37.1 Å². The number of amides is 1. The van der Waals surface area contributed by atoms with Gasteiger partial charge in [-0.2, -0.15) is 0 Å². The lowest BCUT2D eigenvalue weighted by Crippen LogP contribution is -2.60. The van der Waals surface area contributed by atoms with Crippen molar-refractivity contribution in [1.29, 1.82) is 0 Å². The zero-order valence-electron chi connectivity index (χ0n) is 13.5. The van der Waals surface area contributed by atoms with Crippen molar-refractivity contribution in [3.05, 3.63) is 22.5 Å². The maximum Gasteiger partial charge on any atom is 0.247 e. The third kappa shape index (κ3) is 2.69. The predicted molar refractivity (Wildman–Crippen MR) is 89.6 cm³/mol. The molecule has 3 rings (SSSR count). The SMILES string of the molecule is CCC1=C(Cl)N=C2C(=CC1)NC(=O)C(CC)N2C(C)C1CC1. The molecule has 1 saturated heterocycles. The molecule has 5 heteroatoms. The van der Waals surface area contributed by atoms with E-state index in [1.165, 1.54) is 12.8 Å². The Morgan fingerprint density at radius 1 is 1.45 bits per heavy atom. The molecule has 22 heavy (non-hydrogen) atoms. The van der Waals surface area contributed by atoms with Crippen LogP contribution < -0.4 is 5.32 Å². The van der Waals surface area contributed by atoms with Crippen LogP contribution in [0.15, 0.2) is 27.5 Å². The molecular weight excluding hydrogens is 298 g/mol. The Labute approximate surface area is 137 Å². The first-order chi connectivity index (χ1) is 10.6. The molecule has 120 valence electrons. The Hall–Kier alpha value is -1.29. The summed E-state index contributed by atoms with van der Waals surface area (Å²) in [6.45, 7) is 6.35. The Balaban J connectivity index is 2.04. The highest BCUT2D eigenvalue weighted by Crippen LogP contribution is 2.38. The van der Waals surface area contributed by atoms with Crippen LogP contribution in [0.2, 0.25) is 0 Å². The van der Waals surface area contributed by atoms with Crippen LogP contribution in [-0.4, -0.2) is 28.7 Å². The lowest BCUT2D eigenvalue weighted by molar-refractivity contribution is -0.126. The normalized spacial score (nSPS) is 26.8. The van der Waals surface area contributed by atoms with Gasteiger partial charge in [0.2, 0.25) is 5.91 Å². The number of allylic oxidation sites excluding steroid dienone is 2. The molecule has 0 aromatic rings. The van der Waals surface area contributed by atoms with E-state index in [4.69, 9.17) is 16.6 Å². The summed E-state index contributed by atoms with van der Waals surface area (Å²) in [5.41, 5.74) is 1.95. The monoisotopic (exact) mass is 321 g/mol. The Kier molecular flexibility index (Phi) is 4.31. The standard InChI is InChI=1S/C17H24ClN3O/c1-4-11-8-9-13-16(20-15(11)18)21(10(3)12-6-7-12)14(5-2)17(22)19-13/h9-10,12,14H,4-8H2,1-3H3,(H,19,22). The van der Waals surface area contributed by atoms with E-state index < -0.39 is 0 Å². The van der Waals surface area contributed by atoms with Gasteiger partial charge in [0.1, 0.15) is 11.2 Å². The van der Waals surface area contributed by atoms with Crippen molar-refractivity contribution in [2.45, 2.75) is 65.0 Å². The van der Waals surface area contributed by atoms with Crippen LogP contribution in [-0.2, 0) is 4.79 Å². The van der Waals surface area contributed by atoms with Crippen molar-refractivity contribution in [2.24, 2.45) is 10.9 Å². The van der Waals surface area contributed by atoms with Crippen molar-refractivity contribution < 1.29 is 4.79 Å². The Morgan fingerprint density at radius 3 is 2.77 bits per heavy atom. The molecule has 2 unspecified atom stereocenters. The second-order valence-corrected chi connectivity index (χ2v) is 6.76. The van der Waals surface area contributed by atoms with E-state index in [0.29, 0.717) is 17.1 Å².